The molecule has 1 aliphatic heterocycles. The van der Waals surface area contributed by atoms with E-state index >= 15 is 0 Å². The van der Waals surface area contributed by atoms with Crippen molar-refractivity contribution in [3.8, 4) is 22.7 Å². The van der Waals surface area contributed by atoms with Gasteiger partial charge in [0.05, 0.1) is 30.6 Å². The Morgan fingerprint density at radius 1 is 0.946 bits per heavy atom. The second-order valence-corrected chi connectivity index (χ2v) is 8.58. The van der Waals surface area contributed by atoms with Crippen LogP contribution in [-0.4, -0.2) is 33.7 Å². The number of benzene rings is 3. The van der Waals surface area contributed by atoms with Crippen LogP contribution in [0.2, 0.25) is 0 Å². The lowest BCUT2D eigenvalue weighted by atomic mass is 10.1. The number of hydrogen-bond donors (Lipinski definition) is 2. The highest BCUT2D eigenvalue weighted by Crippen LogP contribution is 2.31. The van der Waals surface area contributed by atoms with E-state index in [1.807, 2.05) is 43.3 Å². The maximum absolute atomic E-state index is 13.6. The molecular formula is C28H23FN4O4. The highest BCUT2D eigenvalue weighted by Gasteiger charge is 2.34. The van der Waals surface area contributed by atoms with E-state index in [1.54, 1.807) is 12.1 Å². The molecule has 0 spiro atoms. The van der Waals surface area contributed by atoms with E-state index in [4.69, 9.17) is 4.74 Å². The molecule has 0 unspecified atom stereocenters. The number of H-pyrrole nitrogens is 1. The molecule has 0 radical (unpaired) electrons. The van der Waals surface area contributed by atoms with Gasteiger partial charge in [0.1, 0.15) is 17.3 Å². The fourth-order valence-corrected chi connectivity index (χ4v) is 4.15. The number of aryl methyl sites for hydroxylation is 1. The highest BCUT2D eigenvalue weighted by atomic mass is 19.1. The van der Waals surface area contributed by atoms with Crippen molar-refractivity contribution in [3.05, 3.63) is 111 Å². The van der Waals surface area contributed by atoms with Gasteiger partial charge in [-0.2, -0.15) is 0 Å². The first kappa shape index (κ1) is 23.8. The Labute approximate surface area is 211 Å². The summed E-state index contributed by atoms with van der Waals surface area (Å²) in [6, 6.07) is 19.5. The molecule has 1 aliphatic rings. The predicted octanol–water partition coefficient (Wildman–Crippen LogP) is 4.38. The number of carbonyl (C=O) groups is 2. The third kappa shape index (κ3) is 4.54. The van der Waals surface area contributed by atoms with Gasteiger partial charge < -0.3 is 10.1 Å². The monoisotopic (exact) mass is 498 g/mol. The summed E-state index contributed by atoms with van der Waals surface area (Å²) in [5.74, 6) is -0.482. The summed E-state index contributed by atoms with van der Waals surface area (Å²) in [4.78, 5) is 40.4. The van der Waals surface area contributed by atoms with E-state index < -0.39 is 23.3 Å². The van der Waals surface area contributed by atoms with E-state index in [9.17, 15) is 18.8 Å². The lowest BCUT2D eigenvalue weighted by Gasteiger charge is -2.11. The first-order chi connectivity index (χ1) is 17.9. The van der Waals surface area contributed by atoms with Gasteiger partial charge in [0.25, 0.3) is 11.5 Å². The number of urea groups is 1. The molecule has 186 valence electrons. The standard InChI is InChI=1S/C28H23FN4O4/c1-17-7-13-20(14-8-17)33-26(34)22(25(31-33)21-5-3-4-6-24(21)37-2)15-23-27(35)32(28(36)30-23)16-18-9-11-19(29)12-10-18/h3-15,31H,16H2,1-2H3,(H,30,36)/b23-15-. The van der Waals surface area contributed by atoms with E-state index in [-0.39, 0.29) is 17.8 Å². The van der Waals surface area contributed by atoms with Crippen molar-refractivity contribution >= 4 is 18.0 Å². The summed E-state index contributed by atoms with van der Waals surface area (Å²) in [5.41, 5.74) is 3.00. The predicted molar refractivity (Wildman–Crippen MR) is 137 cm³/mol. The first-order valence-corrected chi connectivity index (χ1v) is 11.5. The molecule has 4 aromatic rings. The van der Waals surface area contributed by atoms with Gasteiger partial charge in [-0.05, 0) is 55.0 Å². The van der Waals surface area contributed by atoms with Crippen LogP contribution in [-0.2, 0) is 11.3 Å². The zero-order chi connectivity index (χ0) is 26.1. The minimum Gasteiger partial charge on any atom is -0.496 e. The van der Waals surface area contributed by atoms with Gasteiger partial charge in [-0.25, -0.2) is 13.9 Å². The van der Waals surface area contributed by atoms with Crippen LogP contribution in [0.15, 0.2) is 83.3 Å². The van der Waals surface area contributed by atoms with Crippen molar-refractivity contribution in [2.24, 2.45) is 0 Å². The Bertz CT molecular complexity index is 1580. The number of methoxy groups -OCH3 is 1. The quantitative estimate of drug-likeness (QED) is 0.305. The maximum atomic E-state index is 13.6. The van der Waals surface area contributed by atoms with Gasteiger partial charge in [-0.15, -0.1) is 0 Å². The van der Waals surface area contributed by atoms with Crippen molar-refractivity contribution < 1.29 is 18.7 Å². The van der Waals surface area contributed by atoms with Crippen molar-refractivity contribution in [1.82, 2.24) is 20.0 Å². The number of halogens is 1. The molecule has 3 amide bonds. The number of rotatable bonds is 6. The fourth-order valence-electron chi connectivity index (χ4n) is 4.15. The van der Waals surface area contributed by atoms with Crippen molar-refractivity contribution in [2.45, 2.75) is 13.5 Å². The van der Waals surface area contributed by atoms with Crippen LogP contribution in [0.4, 0.5) is 9.18 Å². The number of imide groups is 1. The number of aromatic nitrogens is 2. The Kier molecular flexibility index (Phi) is 6.19. The average molecular weight is 499 g/mol. The summed E-state index contributed by atoms with van der Waals surface area (Å²) < 4.78 is 20.1. The second-order valence-electron chi connectivity index (χ2n) is 8.58. The van der Waals surface area contributed by atoms with Crippen molar-refractivity contribution in [3.63, 3.8) is 0 Å². The number of nitrogens with one attached hydrogen (secondary N) is 2. The lowest BCUT2D eigenvalue weighted by molar-refractivity contribution is -0.123. The number of hydrogen-bond acceptors (Lipinski definition) is 4. The molecule has 0 bridgehead atoms. The Balaban J connectivity index is 1.59. The topological polar surface area (TPSA) is 96.4 Å². The molecule has 1 aromatic heterocycles. The normalized spacial score (nSPS) is 14.4. The highest BCUT2D eigenvalue weighted by molar-refractivity contribution is 6.14. The van der Waals surface area contributed by atoms with E-state index in [1.165, 1.54) is 42.1 Å². The number of nitrogens with zero attached hydrogens (tertiary/aromatic N) is 2. The van der Waals surface area contributed by atoms with E-state index in [0.29, 0.717) is 28.3 Å². The van der Waals surface area contributed by atoms with E-state index in [2.05, 4.69) is 10.4 Å². The van der Waals surface area contributed by atoms with Crippen LogP contribution in [0.5, 0.6) is 5.75 Å². The summed E-state index contributed by atoms with van der Waals surface area (Å²) in [6.45, 7) is 1.91. The van der Waals surface area contributed by atoms with Gasteiger partial charge in [0, 0.05) is 5.56 Å². The second kappa shape index (κ2) is 9.62. The maximum Gasteiger partial charge on any atom is 0.329 e. The molecule has 0 saturated carbocycles. The van der Waals surface area contributed by atoms with Gasteiger partial charge >= 0.3 is 6.03 Å². The number of carbonyl (C=O) groups excluding carboxylic acids is 2. The van der Waals surface area contributed by atoms with Crippen LogP contribution in [0, 0.1) is 12.7 Å². The van der Waals surface area contributed by atoms with Gasteiger partial charge in [0.2, 0.25) is 0 Å². The Morgan fingerprint density at radius 3 is 2.35 bits per heavy atom. The molecular weight excluding hydrogens is 475 g/mol. The van der Waals surface area contributed by atoms with Crippen molar-refractivity contribution in [1.29, 1.82) is 0 Å². The Hall–Kier alpha value is -4.92. The first-order valence-electron chi connectivity index (χ1n) is 11.5. The molecule has 0 atom stereocenters. The minimum absolute atomic E-state index is 0.0393. The molecule has 2 N–H and O–H groups in total. The zero-order valence-electron chi connectivity index (χ0n) is 20.1. The molecule has 5 rings (SSSR count). The molecule has 3 aromatic carbocycles. The van der Waals surface area contributed by atoms with Gasteiger partial charge in [-0.1, -0.05) is 42.0 Å². The summed E-state index contributed by atoms with van der Waals surface area (Å²) in [6.07, 6.45) is 1.37. The summed E-state index contributed by atoms with van der Waals surface area (Å²) in [5, 5.41) is 5.70. The van der Waals surface area contributed by atoms with Gasteiger partial charge in [0.15, 0.2) is 0 Å². The largest absolute Gasteiger partial charge is 0.496 e. The smallest absolute Gasteiger partial charge is 0.329 e. The molecule has 37 heavy (non-hydrogen) atoms. The third-order valence-corrected chi connectivity index (χ3v) is 6.10. The average Bonchev–Trinajstić information content (AvgIpc) is 3.36. The van der Waals surface area contributed by atoms with Crippen LogP contribution in [0.3, 0.4) is 0 Å². The van der Waals surface area contributed by atoms with Crippen LogP contribution < -0.4 is 15.6 Å². The third-order valence-electron chi connectivity index (χ3n) is 6.10. The van der Waals surface area contributed by atoms with Crippen LogP contribution in [0.25, 0.3) is 23.0 Å². The number of para-hydroxylation sites is 1. The molecule has 2 heterocycles. The minimum atomic E-state index is -0.631. The molecule has 9 heteroatoms. The summed E-state index contributed by atoms with van der Waals surface area (Å²) >= 11 is 0. The molecule has 1 fully saturated rings. The van der Waals surface area contributed by atoms with Crippen LogP contribution >= 0.6 is 0 Å². The van der Waals surface area contributed by atoms with Crippen LogP contribution in [0.1, 0.15) is 16.7 Å². The summed E-state index contributed by atoms with van der Waals surface area (Å²) in [7, 11) is 1.53. The van der Waals surface area contributed by atoms with Crippen molar-refractivity contribution in [2.75, 3.05) is 7.11 Å². The number of ether oxygens (including phenoxy) is 1. The number of aromatic amines is 1. The SMILES string of the molecule is COc1ccccc1-c1[nH]n(-c2ccc(C)cc2)c(=O)c1/C=C1\NC(=O)N(Cc2ccc(F)cc2)C1=O. The molecule has 1 saturated heterocycles. The number of amides is 3. The fraction of sp³-hybridized carbons (Fsp3) is 0.107. The van der Waals surface area contributed by atoms with E-state index in [0.717, 1.165) is 10.5 Å². The van der Waals surface area contributed by atoms with Gasteiger partial charge in [-0.3, -0.25) is 19.6 Å². The zero-order valence-corrected chi connectivity index (χ0v) is 20.1. The molecule has 8 nitrogen and oxygen atoms in total. The lowest BCUT2D eigenvalue weighted by Crippen LogP contribution is -2.30. The molecule has 0 aliphatic carbocycles. The Morgan fingerprint density at radius 2 is 1.65 bits per heavy atom.